The zero-order chi connectivity index (χ0) is 36.2. The number of nitrogens with zero attached hydrogens (tertiary/aromatic N) is 2. The van der Waals surface area contributed by atoms with E-state index in [4.69, 9.17) is 20.1 Å². The van der Waals surface area contributed by atoms with Gasteiger partial charge in [-0.1, -0.05) is 82.8 Å². The highest BCUT2D eigenvalue weighted by Crippen LogP contribution is 2.20. The zero-order valence-corrected chi connectivity index (χ0v) is 28.7. The van der Waals surface area contributed by atoms with Crippen LogP contribution in [0.1, 0.15) is 81.5 Å². The Hall–Kier alpha value is -4.55. The lowest BCUT2D eigenvalue weighted by Gasteiger charge is -2.20. The van der Waals surface area contributed by atoms with Gasteiger partial charge in [0.15, 0.2) is 0 Å². The Morgan fingerprint density at radius 1 is 0.708 bits per heavy atom. The molecule has 0 heterocycles. The van der Waals surface area contributed by atoms with Crippen LogP contribution in [0.2, 0.25) is 0 Å². The Balaban J connectivity index is 0.000000507. The number of carboxylic acid groups (broad SMARTS) is 3. The number of carboxylic acids is 3. The number of amides is 1. The van der Waals surface area contributed by atoms with Gasteiger partial charge in [-0.15, -0.1) is 0 Å². The van der Waals surface area contributed by atoms with Crippen LogP contribution in [-0.4, -0.2) is 94.2 Å². The van der Waals surface area contributed by atoms with Crippen molar-refractivity contribution in [2.75, 3.05) is 39.3 Å². The van der Waals surface area contributed by atoms with Gasteiger partial charge >= 0.3 is 23.9 Å². The van der Waals surface area contributed by atoms with Crippen molar-refractivity contribution < 1.29 is 44.0 Å². The van der Waals surface area contributed by atoms with Crippen LogP contribution in [0.3, 0.4) is 0 Å². The number of esters is 1. The van der Waals surface area contributed by atoms with Gasteiger partial charge in [0.2, 0.25) is 5.91 Å². The summed E-state index contributed by atoms with van der Waals surface area (Å²) in [5.41, 5.74) is 4.62. The lowest BCUT2D eigenvalue weighted by atomic mass is 9.97. The molecule has 0 bridgehead atoms. The molecule has 2 atom stereocenters. The number of rotatable bonds is 20. The molecule has 0 aliphatic heterocycles. The SMILES string of the molecule is C=C(C)C(=O)OCCNC(=O)CN(CC(=O)O)Cc1ccc(C(C)CC)cc1.CCC(C)c1ccc(CN(CC(=O)O)CC(=O)O)cc1. The molecule has 2 aromatic carbocycles. The van der Waals surface area contributed by atoms with Gasteiger partial charge in [-0.25, -0.2) is 4.79 Å². The minimum Gasteiger partial charge on any atom is -0.480 e. The van der Waals surface area contributed by atoms with Crippen LogP contribution in [-0.2, 0) is 41.8 Å². The Morgan fingerprint density at radius 2 is 1.08 bits per heavy atom. The van der Waals surface area contributed by atoms with Crippen molar-refractivity contribution in [1.29, 1.82) is 0 Å². The molecule has 0 fully saturated rings. The molecule has 0 aromatic heterocycles. The van der Waals surface area contributed by atoms with Crippen LogP contribution in [0.15, 0.2) is 60.7 Å². The van der Waals surface area contributed by atoms with Crippen LogP contribution < -0.4 is 5.32 Å². The average Bonchev–Trinajstić information content (AvgIpc) is 3.02. The molecule has 0 aliphatic rings. The predicted molar refractivity (Wildman–Crippen MR) is 183 cm³/mol. The Kier molecular flexibility index (Phi) is 19.1. The van der Waals surface area contributed by atoms with E-state index < -0.39 is 23.9 Å². The molecule has 2 rings (SSSR count). The van der Waals surface area contributed by atoms with E-state index in [0.717, 1.165) is 24.0 Å². The van der Waals surface area contributed by atoms with Gasteiger partial charge in [-0.05, 0) is 53.9 Å². The first-order chi connectivity index (χ1) is 22.6. The normalized spacial score (nSPS) is 12.0. The number of aliphatic carboxylic acids is 3. The van der Waals surface area contributed by atoms with Crippen LogP contribution in [0.5, 0.6) is 0 Å². The number of carbonyl (C=O) groups excluding carboxylic acids is 2. The largest absolute Gasteiger partial charge is 0.480 e. The number of nitrogens with one attached hydrogen (secondary N) is 1. The second kappa shape index (κ2) is 22.1. The smallest absolute Gasteiger partial charge is 0.333 e. The van der Waals surface area contributed by atoms with Gasteiger partial charge in [0, 0.05) is 18.7 Å². The van der Waals surface area contributed by atoms with Crippen molar-refractivity contribution in [2.24, 2.45) is 0 Å². The third-order valence-corrected chi connectivity index (χ3v) is 7.58. The van der Waals surface area contributed by atoms with Gasteiger partial charge in [0.25, 0.3) is 0 Å². The Labute approximate surface area is 283 Å². The molecule has 12 heteroatoms. The molecule has 12 nitrogen and oxygen atoms in total. The zero-order valence-electron chi connectivity index (χ0n) is 28.7. The van der Waals surface area contributed by atoms with E-state index in [9.17, 15) is 24.0 Å². The third kappa shape index (κ3) is 17.4. The van der Waals surface area contributed by atoms with Gasteiger partial charge in [0.1, 0.15) is 6.61 Å². The Bertz CT molecular complexity index is 1330. The minimum atomic E-state index is -1.03. The summed E-state index contributed by atoms with van der Waals surface area (Å²) in [6, 6.07) is 15.9. The maximum Gasteiger partial charge on any atom is 0.333 e. The van der Waals surface area contributed by atoms with Crippen LogP contribution in [0, 0.1) is 0 Å². The molecular formula is C36H51N3O9. The van der Waals surface area contributed by atoms with Crippen LogP contribution in [0.25, 0.3) is 0 Å². The average molecular weight is 670 g/mol. The fourth-order valence-corrected chi connectivity index (χ4v) is 4.52. The van der Waals surface area contributed by atoms with Crippen molar-refractivity contribution in [3.8, 4) is 0 Å². The first kappa shape index (κ1) is 41.5. The summed E-state index contributed by atoms with van der Waals surface area (Å²) in [7, 11) is 0. The monoisotopic (exact) mass is 669 g/mol. The van der Waals surface area contributed by atoms with Gasteiger partial charge in [0.05, 0.1) is 32.7 Å². The van der Waals surface area contributed by atoms with E-state index in [-0.39, 0.29) is 45.2 Å². The summed E-state index contributed by atoms with van der Waals surface area (Å²) >= 11 is 0. The van der Waals surface area contributed by atoms with Crippen molar-refractivity contribution in [3.05, 3.63) is 82.9 Å². The van der Waals surface area contributed by atoms with E-state index in [1.54, 1.807) is 11.8 Å². The van der Waals surface area contributed by atoms with Crippen LogP contribution >= 0.6 is 0 Å². The number of hydrogen-bond acceptors (Lipinski definition) is 8. The summed E-state index contributed by atoms with van der Waals surface area (Å²) in [6.07, 6.45) is 2.11. The fourth-order valence-electron chi connectivity index (χ4n) is 4.52. The molecule has 4 N–H and O–H groups in total. The molecule has 2 aromatic rings. The molecule has 0 radical (unpaired) electrons. The maximum absolute atomic E-state index is 12.1. The molecule has 264 valence electrons. The van der Waals surface area contributed by atoms with Crippen molar-refractivity contribution in [3.63, 3.8) is 0 Å². The van der Waals surface area contributed by atoms with Gasteiger partial charge in [-0.2, -0.15) is 0 Å². The topological polar surface area (TPSA) is 174 Å². The summed E-state index contributed by atoms with van der Waals surface area (Å²) in [6.45, 7) is 13.6. The summed E-state index contributed by atoms with van der Waals surface area (Å²) in [4.78, 5) is 58.9. The molecule has 2 unspecified atom stereocenters. The molecule has 0 saturated carbocycles. The van der Waals surface area contributed by atoms with Crippen molar-refractivity contribution in [2.45, 2.75) is 72.4 Å². The van der Waals surface area contributed by atoms with E-state index in [0.29, 0.717) is 30.5 Å². The van der Waals surface area contributed by atoms with Crippen molar-refractivity contribution in [1.82, 2.24) is 15.1 Å². The quantitative estimate of drug-likeness (QED) is 0.0888. The second-order valence-electron chi connectivity index (χ2n) is 11.8. The van der Waals surface area contributed by atoms with Crippen LogP contribution in [0.4, 0.5) is 0 Å². The molecule has 48 heavy (non-hydrogen) atoms. The number of benzene rings is 2. The first-order valence-corrected chi connectivity index (χ1v) is 16.0. The second-order valence-corrected chi connectivity index (χ2v) is 11.8. The maximum atomic E-state index is 12.1. The van der Waals surface area contributed by atoms with Gasteiger partial charge in [-0.3, -0.25) is 29.0 Å². The number of ether oxygens (including phenoxy) is 1. The highest BCUT2D eigenvalue weighted by atomic mass is 16.5. The first-order valence-electron chi connectivity index (χ1n) is 16.0. The van der Waals surface area contributed by atoms with Crippen molar-refractivity contribution >= 4 is 29.8 Å². The summed E-state index contributed by atoms with van der Waals surface area (Å²) in [5.74, 6) is -2.94. The number of carbonyl (C=O) groups is 5. The molecule has 0 aliphatic carbocycles. The number of hydrogen-bond donors (Lipinski definition) is 4. The van der Waals surface area contributed by atoms with Gasteiger partial charge < -0.3 is 25.4 Å². The van der Waals surface area contributed by atoms with E-state index in [2.05, 4.69) is 39.6 Å². The summed E-state index contributed by atoms with van der Waals surface area (Å²) < 4.78 is 4.90. The summed E-state index contributed by atoms with van der Waals surface area (Å²) in [5, 5.41) is 29.3. The predicted octanol–water partition coefficient (Wildman–Crippen LogP) is 4.49. The molecule has 1 amide bonds. The highest BCUT2D eigenvalue weighted by molar-refractivity contribution is 5.87. The van der Waals surface area contributed by atoms with E-state index >= 15 is 0 Å². The Morgan fingerprint density at radius 3 is 1.42 bits per heavy atom. The third-order valence-electron chi connectivity index (χ3n) is 7.58. The molecule has 0 saturated heterocycles. The molecular weight excluding hydrogens is 618 g/mol. The standard InChI is InChI=1S/C21H30N2O5.C15H21NO4/c1-5-16(4)18-8-6-17(7-9-18)12-23(14-20(25)26)13-19(24)22-10-11-28-21(27)15(2)3;1-3-11(2)13-6-4-12(5-7-13)8-16(9-14(17)18)10-15(19)20/h6-9,16H,2,5,10-14H2,1,3-4H3,(H,22,24)(H,25,26);4-7,11H,3,8-10H2,1-2H3,(H,17,18)(H,19,20). The highest BCUT2D eigenvalue weighted by Gasteiger charge is 2.16. The minimum absolute atomic E-state index is 0.0352. The van der Waals surface area contributed by atoms with E-state index in [1.807, 2.05) is 48.5 Å². The molecule has 0 spiro atoms. The lowest BCUT2D eigenvalue weighted by molar-refractivity contribution is -0.142. The fraction of sp³-hybridized carbons (Fsp3) is 0.472. The lowest BCUT2D eigenvalue weighted by Crippen LogP contribution is -2.40. The van der Waals surface area contributed by atoms with E-state index in [1.165, 1.54) is 16.0 Å².